The SMILES string of the molecule is CCOC(=O)C(C)N(CC)c1cc(NC(C)=O)ccc1OC. The number of rotatable bonds is 7. The molecule has 6 nitrogen and oxygen atoms in total. The van der Waals surface area contributed by atoms with Gasteiger partial charge in [-0.2, -0.15) is 0 Å². The number of methoxy groups -OCH3 is 1. The first-order valence-corrected chi connectivity index (χ1v) is 7.33. The summed E-state index contributed by atoms with van der Waals surface area (Å²) in [7, 11) is 1.57. The number of carbonyl (C=O) groups excluding carboxylic acids is 2. The van der Waals surface area contributed by atoms with Gasteiger partial charge < -0.3 is 19.7 Å². The van der Waals surface area contributed by atoms with Crippen LogP contribution in [0.3, 0.4) is 0 Å². The van der Waals surface area contributed by atoms with E-state index in [2.05, 4.69) is 5.32 Å². The second-order valence-electron chi connectivity index (χ2n) is 4.78. The zero-order valence-electron chi connectivity index (χ0n) is 13.8. The van der Waals surface area contributed by atoms with Crippen molar-refractivity contribution in [1.82, 2.24) is 0 Å². The summed E-state index contributed by atoms with van der Waals surface area (Å²) < 4.78 is 10.5. The Kier molecular flexibility index (Phi) is 6.69. The maximum Gasteiger partial charge on any atom is 0.328 e. The van der Waals surface area contributed by atoms with E-state index in [1.165, 1.54) is 6.92 Å². The second-order valence-corrected chi connectivity index (χ2v) is 4.78. The normalized spacial score (nSPS) is 11.5. The zero-order chi connectivity index (χ0) is 16.7. The lowest BCUT2D eigenvalue weighted by Crippen LogP contribution is -2.40. The van der Waals surface area contributed by atoms with Gasteiger partial charge in [0.15, 0.2) is 0 Å². The highest BCUT2D eigenvalue weighted by Gasteiger charge is 2.24. The lowest BCUT2D eigenvalue weighted by Gasteiger charge is -2.30. The highest BCUT2D eigenvalue weighted by molar-refractivity contribution is 5.90. The van der Waals surface area contributed by atoms with Crippen LogP contribution in [0.25, 0.3) is 0 Å². The van der Waals surface area contributed by atoms with E-state index >= 15 is 0 Å². The van der Waals surface area contributed by atoms with Crippen molar-refractivity contribution in [3.63, 3.8) is 0 Å². The molecule has 0 heterocycles. The van der Waals surface area contributed by atoms with Crippen molar-refractivity contribution in [2.45, 2.75) is 33.7 Å². The number of hydrogen-bond donors (Lipinski definition) is 1. The standard InChI is InChI=1S/C16H24N2O4/c1-6-18(11(3)16(20)22-7-2)14-10-13(17-12(4)19)8-9-15(14)21-5/h8-11H,6-7H2,1-5H3,(H,17,19). The number of carbonyl (C=O) groups is 2. The van der Waals surface area contributed by atoms with Crippen molar-refractivity contribution in [1.29, 1.82) is 0 Å². The third kappa shape index (κ3) is 4.38. The molecule has 0 saturated heterocycles. The van der Waals surface area contributed by atoms with Crippen molar-refractivity contribution >= 4 is 23.3 Å². The highest BCUT2D eigenvalue weighted by Crippen LogP contribution is 2.32. The van der Waals surface area contributed by atoms with Gasteiger partial charge in [0.25, 0.3) is 0 Å². The maximum absolute atomic E-state index is 12.0. The number of nitrogens with one attached hydrogen (secondary N) is 1. The number of esters is 1. The molecule has 0 saturated carbocycles. The van der Waals surface area contributed by atoms with E-state index in [-0.39, 0.29) is 11.9 Å². The fourth-order valence-electron chi connectivity index (χ4n) is 2.24. The second kappa shape index (κ2) is 8.26. The molecule has 1 N–H and O–H groups in total. The van der Waals surface area contributed by atoms with Gasteiger partial charge >= 0.3 is 5.97 Å². The Morgan fingerprint density at radius 2 is 2.00 bits per heavy atom. The minimum Gasteiger partial charge on any atom is -0.495 e. The van der Waals surface area contributed by atoms with Crippen molar-refractivity contribution < 1.29 is 19.1 Å². The van der Waals surface area contributed by atoms with Crippen LogP contribution in [0.15, 0.2) is 18.2 Å². The van der Waals surface area contributed by atoms with E-state index in [1.54, 1.807) is 39.2 Å². The Labute approximate surface area is 131 Å². The van der Waals surface area contributed by atoms with Crippen molar-refractivity contribution in [2.24, 2.45) is 0 Å². The van der Waals surface area contributed by atoms with Gasteiger partial charge in [0.1, 0.15) is 11.8 Å². The van der Waals surface area contributed by atoms with E-state index in [9.17, 15) is 9.59 Å². The summed E-state index contributed by atoms with van der Waals surface area (Å²) >= 11 is 0. The van der Waals surface area contributed by atoms with Gasteiger partial charge in [-0.1, -0.05) is 0 Å². The number of anilines is 2. The molecule has 122 valence electrons. The van der Waals surface area contributed by atoms with Crippen molar-refractivity contribution in [3.05, 3.63) is 18.2 Å². The summed E-state index contributed by atoms with van der Waals surface area (Å²) in [5, 5.41) is 2.73. The fourth-order valence-corrected chi connectivity index (χ4v) is 2.24. The number of hydrogen-bond acceptors (Lipinski definition) is 5. The third-order valence-electron chi connectivity index (χ3n) is 3.24. The molecule has 1 aromatic rings. The molecule has 0 spiro atoms. The van der Waals surface area contributed by atoms with E-state index in [0.717, 1.165) is 5.69 Å². The number of likely N-dealkylation sites (N-methyl/N-ethyl adjacent to an activating group) is 1. The van der Waals surface area contributed by atoms with Gasteiger partial charge in [0.05, 0.1) is 19.4 Å². The molecule has 6 heteroatoms. The third-order valence-corrected chi connectivity index (χ3v) is 3.24. The molecule has 0 bridgehead atoms. The molecule has 0 aliphatic heterocycles. The zero-order valence-corrected chi connectivity index (χ0v) is 13.8. The molecule has 0 radical (unpaired) electrons. The van der Waals surface area contributed by atoms with Crippen LogP contribution < -0.4 is 15.0 Å². The first-order chi connectivity index (χ1) is 10.4. The minimum atomic E-state index is -0.452. The van der Waals surface area contributed by atoms with Crippen LogP contribution >= 0.6 is 0 Å². The Balaban J connectivity index is 3.17. The average molecular weight is 308 g/mol. The number of amides is 1. The predicted octanol–water partition coefficient (Wildman–Crippen LogP) is 2.43. The van der Waals surface area contributed by atoms with Gasteiger partial charge in [-0.25, -0.2) is 4.79 Å². The molecule has 22 heavy (non-hydrogen) atoms. The Bertz CT molecular complexity index is 531. The van der Waals surface area contributed by atoms with Gasteiger partial charge in [-0.3, -0.25) is 4.79 Å². The number of nitrogens with zero attached hydrogens (tertiary/aromatic N) is 1. The highest BCUT2D eigenvalue weighted by atomic mass is 16.5. The van der Waals surface area contributed by atoms with Crippen molar-refractivity contribution in [3.8, 4) is 5.75 Å². The van der Waals surface area contributed by atoms with Gasteiger partial charge in [-0.05, 0) is 39.0 Å². The van der Waals surface area contributed by atoms with Crippen LogP contribution in [0.4, 0.5) is 11.4 Å². The molecule has 1 aromatic carbocycles. The van der Waals surface area contributed by atoms with E-state index < -0.39 is 6.04 Å². The molecule has 1 amide bonds. The van der Waals surface area contributed by atoms with Crippen LogP contribution in [0.1, 0.15) is 27.7 Å². The summed E-state index contributed by atoms with van der Waals surface area (Å²) in [6.45, 7) is 7.89. The topological polar surface area (TPSA) is 67.9 Å². The molecule has 0 aliphatic rings. The van der Waals surface area contributed by atoms with Crippen molar-refractivity contribution in [2.75, 3.05) is 30.5 Å². The average Bonchev–Trinajstić information content (AvgIpc) is 2.47. The molecule has 0 fully saturated rings. The Morgan fingerprint density at radius 3 is 2.50 bits per heavy atom. The van der Waals surface area contributed by atoms with Crippen LogP contribution in [0.2, 0.25) is 0 Å². The van der Waals surface area contributed by atoms with Crippen LogP contribution in [0.5, 0.6) is 5.75 Å². The first-order valence-electron chi connectivity index (χ1n) is 7.33. The Morgan fingerprint density at radius 1 is 1.32 bits per heavy atom. The maximum atomic E-state index is 12.0. The first kappa shape index (κ1) is 17.8. The van der Waals surface area contributed by atoms with E-state index in [0.29, 0.717) is 24.6 Å². The van der Waals surface area contributed by atoms with E-state index in [4.69, 9.17) is 9.47 Å². The minimum absolute atomic E-state index is 0.155. The van der Waals surface area contributed by atoms with Crippen LogP contribution in [-0.4, -0.2) is 38.2 Å². The fraction of sp³-hybridized carbons (Fsp3) is 0.500. The number of ether oxygens (including phenoxy) is 2. The number of benzene rings is 1. The summed E-state index contributed by atoms with van der Waals surface area (Å²) in [5.74, 6) is 0.182. The molecular weight excluding hydrogens is 284 g/mol. The monoisotopic (exact) mass is 308 g/mol. The molecule has 0 aliphatic carbocycles. The van der Waals surface area contributed by atoms with Crippen LogP contribution in [0, 0.1) is 0 Å². The lowest BCUT2D eigenvalue weighted by atomic mass is 10.2. The molecular formula is C16H24N2O4. The summed E-state index contributed by atoms with van der Waals surface area (Å²) in [5.41, 5.74) is 1.38. The van der Waals surface area contributed by atoms with Gasteiger partial charge in [0.2, 0.25) is 5.91 Å². The molecule has 1 unspecified atom stereocenters. The predicted molar refractivity (Wildman–Crippen MR) is 86.4 cm³/mol. The quantitative estimate of drug-likeness (QED) is 0.784. The lowest BCUT2D eigenvalue weighted by molar-refractivity contribution is -0.144. The summed E-state index contributed by atoms with van der Waals surface area (Å²) in [6, 6.07) is 4.86. The van der Waals surface area contributed by atoms with Gasteiger partial charge in [-0.15, -0.1) is 0 Å². The van der Waals surface area contributed by atoms with E-state index in [1.807, 2.05) is 11.8 Å². The summed E-state index contributed by atoms with van der Waals surface area (Å²) in [6.07, 6.45) is 0. The largest absolute Gasteiger partial charge is 0.495 e. The van der Waals surface area contributed by atoms with Gasteiger partial charge in [0, 0.05) is 19.2 Å². The molecule has 1 atom stereocenters. The van der Waals surface area contributed by atoms with Crippen LogP contribution in [-0.2, 0) is 14.3 Å². The Hall–Kier alpha value is -2.24. The molecule has 1 rings (SSSR count). The summed E-state index contributed by atoms with van der Waals surface area (Å²) in [4.78, 5) is 25.1. The smallest absolute Gasteiger partial charge is 0.328 e. The molecule has 0 aromatic heterocycles.